The van der Waals surface area contributed by atoms with E-state index in [4.69, 9.17) is 4.98 Å². The lowest BCUT2D eigenvalue weighted by Crippen LogP contribution is -2.00. The van der Waals surface area contributed by atoms with Crippen molar-refractivity contribution in [3.63, 3.8) is 0 Å². The van der Waals surface area contributed by atoms with Gasteiger partial charge >= 0.3 is 0 Å². The summed E-state index contributed by atoms with van der Waals surface area (Å²) in [7, 11) is 0. The molecule has 4 aromatic carbocycles. The van der Waals surface area contributed by atoms with E-state index < -0.39 is 0 Å². The molecule has 0 N–H and O–H groups in total. The van der Waals surface area contributed by atoms with Crippen LogP contribution in [0.5, 0.6) is 0 Å². The Bertz CT molecular complexity index is 1310. The first-order chi connectivity index (χ1) is 14.3. The monoisotopic (exact) mass is 373 g/mol. The Kier molecular flexibility index (Phi) is 4.34. The first-order valence-corrected chi connectivity index (χ1v) is 9.65. The van der Waals surface area contributed by atoms with E-state index in [-0.39, 0.29) is 0 Å². The van der Waals surface area contributed by atoms with Crippen LogP contribution in [-0.2, 0) is 0 Å². The van der Waals surface area contributed by atoms with Crippen LogP contribution < -0.4 is 0 Å². The minimum absolute atomic E-state index is 0.695. The van der Waals surface area contributed by atoms with E-state index in [2.05, 4.69) is 64.6 Å². The molecule has 0 bridgehead atoms. The van der Waals surface area contributed by atoms with Gasteiger partial charge in [0.1, 0.15) is 5.82 Å². The minimum Gasteiger partial charge on any atom is -0.213 e. The number of hydrogen-bond donors (Lipinski definition) is 0. The zero-order valence-corrected chi connectivity index (χ0v) is 16.1. The van der Waals surface area contributed by atoms with Gasteiger partial charge in [0.05, 0.1) is 0 Å². The Morgan fingerprint density at radius 1 is 0.483 bits per heavy atom. The van der Waals surface area contributed by atoms with Crippen LogP contribution in [0, 0.1) is 6.92 Å². The Labute approximate surface area is 169 Å². The Hall–Kier alpha value is -3.85. The van der Waals surface area contributed by atoms with Gasteiger partial charge in [-0.2, -0.15) is 0 Å². The molecule has 29 heavy (non-hydrogen) atoms. The molecule has 0 aliphatic rings. The van der Waals surface area contributed by atoms with E-state index >= 15 is 0 Å². The van der Waals surface area contributed by atoms with Crippen molar-refractivity contribution >= 4 is 10.8 Å². The number of fused-ring (bicyclic) bond motifs is 1. The molecule has 0 aliphatic heterocycles. The standard InChI is InChI=1S/C26H19N3/c1-18-27-25(22-16-15-19-9-5-6-12-21(19)17-22)29-26(28-18)24-14-8-7-13-23(24)20-10-3-2-4-11-20/h2-17H,1H3. The molecular formula is C26H19N3. The molecule has 0 atom stereocenters. The molecule has 0 saturated heterocycles. The molecule has 0 fully saturated rings. The number of nitrogens with zero attached hydrogens (tertiary/aromatic N) is 3. The fourth-order valence-electron chi connectivity index (χ4n) is 3.61. The summed E-state index contributed by atoms with van der Waals surface area (Å²) in [5.41, 5.74) is 4.26. The van der Waals surface area contributed by atoms with Gasteiger partial charge in [-0.1, -0.05) is 91.0 Å². The fraction of sp³-hybridized carbons (Fsp3) is 0.0385. The zero-order chi connectivity index (χ0) is 19.6. The highest BCUT2D eigenvalue weighted by molar-refractivity contribution is 5.87. The summed E-state index contributed by atoms with van der Waals surface area (Å²) < 4.78 is 0. The molecule has 138 valence electrons. The smallest absolute Gasteiger partial charge is 0.164 e. The first-order valence-electron chi connectivity index (χ1n) is 9.65. The predicted molar refractivity (Wildman–Crippen MR) is 118 cm³/mol. The molecule has 1 heterocycles. The molecule has 3 nitrogen and oxygen atoms in total. The maximum atomic E-state index is 4.84. The summed E-state index contributed by atoms with van der Waals surface area (Å²) in [6, 6.07) is 33.2. The number of benzene rings is 4. The lowest BCUT2D eigenvalue weighted by atomic mass is 9.99. The van der Waals surface area contributed by atoms with Gasteiger partial charge in [0.2, 0.25) is 0 Å². The summed E-state index contributed by atoms with van der Waals surface area (Å²) in [6.07, 6.45) is 0. The second-order valence-corrected chi connectivity index (χ2v) is 7.00. The average Bonchev–Trinajstić information content (AvgIpc) is 2.79. The van der Waals surface area contributed by atoms with E-state index in [1.165, 1.54) is 10.8 Å². The van der Waals surface area contributed by atoms with Crippen molar-refractivity contribution in [1.82, 2.24) is 15.0 Å². The minimum atomic E-state index is 0.695. The van der Waals surface area contributed by atoms with Crippen molar-refractivity contribution < 1.29 is 0 Å². The highest BCUT2D eigenvalue weighted by atomic mass is 15.0. The fourth-order valence-corrected chi connectivity index (χ4v) is 3.61. The van der Waals surface area contributed by atoms with Crippen molar-refractivity contribution in [3.05, 3.63) is 103 Å². The van der Waals surface area contributed by atoms with Gasteiger partial charge in [0.25, 0.3) is 0 Å². The lowest BCUT2D eigenvalue weighted by Gasteiger charge is -2.11. The number of aryl methyl sites for hydroxylation is 1. The van der Waals surface area contributed by atoms with Crippen molar-refractivity contribution in [3.8, 4) is 33.9 Å². The van der Waals surface area contributed by atoms with Crippen LogP contribution in [0.4, 0.5) is 0 Å². The van der Waals surface area contributed by atoms with Crippen LogP contribution in [-0.4, -0.2) is 15.0 Å². The summed E-state index contributed by atoms with van der Waals surface area (Å²) >= 11 is 0. The third-order valence-electron chi connectivity index (χ3n) is 5.01. The van der Waals surface area contributed by atoms with E-state index in [0.29, 0.717) is 17.5 Å². The summed E-state index contributed by atoms with van der Waals surface area (Å²) in [4.78, 5) is 14.1. The van der Waals surface area contributed by atoms with Crippen LogP contribution in [0.3, 0.4) is 0 Å². The normalized spacial score (nSPS) is 10.9. The third-order valence-corrected chi connectivity index (χ3v) is 5.01. The summed E-state index contributed by atoms with van der Waals surface area (Å²) in [6.45, 7) is 1.92. The third kappa shape index (κ3) is 3.39. The Balaban J connectivity index is 1.66. The molecule has 0 aliphatic carbocycles. The highest BCUT2D eigenvalue weighted by Gasteiger charge is 2.13. The van der Waals surface area contributed by atoms with Crippen LogP contribution in [0.1, 0.15) is 5.82 Å². The van der Waals surface area contributed by atoms with Gasteiger partial charge in [0, 0.05) is 11.1 Å². The average molecular weight is 373 g/mol. The number of hydrogen-bond acceptors (Lipinski definition) is 3. The Morgan fingerprint density at radius 3 is 1.97 bits per heavy atom. The molecular weight excluding hydrogens is 354 g/mol. The molecule has 5 rings (SSSR count). The van der Waals surface area contributed by atoms with Crippen LogP contribution in [0.25, 0.3) is 44.7 Å². The number of rotatable bonds is 3. The van der Waals surface area contributed by atoms with Gasteiger partial charge in [-0.3, -0.25) is 0 Å². The van der Waals surface area contributed by atoms with Gasteiger partial charge in [-0.25, -0.2) is 15.0 Å². The molecule has 1 aromatic heterocycles. The number of aromatic nitrogens is 3. The van der Waals surface area contributed by atoms with E-state index in [1.54, 1.807) is 0 Å². The van der Waals surface area contributed by atoms with Crippen molar-refractivity contribution in [2.24, 2.45) is 0 Å². The highest BCUT2D eigenvalue weighted by Crippen LogP contribution is 2.31. The molecule has 0 amide bonds. The summed E-state index contributed by atoms with van der Waals surface area (Å²) in [5, 5.41) is 2.38. The van der Waals surface area contributed by atoms with Crippen LogP contribution in [0.2, 0.25) is 0 Å². The van der Waals surface area contributed by atoms with Crippen molar-refractivity contribution in [2.75, 3.05) is 0 Å². The van der Waals surface area contributed by atoms with E-state index in [9.17, 15) is 0 Å². The van der Waals surface area contributed by atoms with E-state index in [0.717, 1.165) is 22.3 Å². The van der Waals surface area contributed by atoms with Gasteiger partial charge in [0.15, 0.2) is 11.6 Å². The van der Waals surface area contributed by atoms with Crippen LogP contribution >= 0.6 is 0 Å². The molecule has 5 aromatic rings. The largest absolute Gasteiger partial charge is 0.213 e. The van der Waals surface area contributed by atoms with Gasteiger partial charge in [-0.15, -0.1) is 0 Å². The molecule has 0 radical (unpaired) electrons. The summed E-state index contributed by atoms with van der Waals surface area (Å²) in [5.74, 6) is 2.10. The predicted octanol–water partition coefficient (Wildman–Crippen LogP) is 6.33. The molecule has 3 heteroatoms. The molecule has 0 saturated carbocycles. The van der Waals surface area contributed by atoms with E-state index in [1.807, 2.05) is 49.4 Å². The lowest BCUT2D eigenvalue weighted by molar-refractivity contribution is 0.992. The topological polar surface area (TPSA) is 38.7 Å². The van der Waals surface area contributed by atoms with Crippen LogP contribution in [0.15, 0.2) is 97.1 Å². The van der Waals surface area contributed by atoms with Crippen molar-refractivity contribution in [1.29, 1.82) is 0 Å². The van der Waals surface area contributed by atoms with Gasteiger partial charge < -0.3 is 0 Å². The van der Waals surface area contributed by atoms with Gasteiger partial charge in [-0.05, 0) is 34.9 Å². The quantitative estimate of drug-likeness (QED) is 0.371. The van der Waals surface area contributed by atoms with Crippen molar-refractivity contribution in [2.45, 2.75) is 6.92 Å². The second kappa shape index (κ2) is 7.28. The second-order valence-electron chi connectivity index (χ2n) is 7.00. The molecule has 0 unspecified atom stereocenters. The Morgan fingerprint density at radius 2 is 1.14 bits per heavy atom. The zero-order valence-electron chi connectivity index (χ0n) is 16.1. The maximum Gasteiger partial charge on any atom is 0.164 e. The molecule has 0 spiro atoms. The SMILES string of the molecule is Cc1nc(-c2ccc3ccccc3c2)nc(-c2ccccc2-c2ccccc2)n1. The first kappa shape index (κ1) is 17.3. The maximum absolute atomic E-state index is 4.84.